The number of nitrogens with one attached hydrogen (secondary N) is 1. The first-order chi connectivity index (χ1) is 17.6. The molecule has 3 aliphatic rings. The summed E-state index contributed by atoms with van der Waals surface area (Å²) in [5, 5.41) is 12.9. The maximum atomic E-state index is 13.0. The first-order valence-electron chi connectivity index (χ1n) is 13.0. The third-order valence-corrected chi connectivity index (χ3v) is 7.73. The number of hydrogen-bond acceptors (Lipinski definition) is 5. The van der Waals surface area contributed by atoms with Gasteiger partial charge in [-0.3, -0.25) is 0 Å². The fourth-order valence-corrected chi connectivity index (χ4v) is 6.23. The van der Waals surface area contributed by atoms with E-state index in [1.54, 1.807) is 4.90 Å². The molecule has 2 saturated heterocycles. The normalized spacial score (nSPS) is 24.6. The molecule has 37 heavy (non-hydrogen) atoms. The number of aliphatic carboxylic acids is 1. The zero-order valence-corrected chi connectivity index (χ0v) is 21.5. The third-order valence-electron chi connectivity index (χ3n) is 7.73. The van der Waals surface area contributed by atoms with Crippen LogP contribution in [0.1, 0.15) is 69.9 Å². The summed E-state index contributed by atoms with van der Waals surface area (Å²) in [5.74, 6) is -1.23. The second-order valence-electron chi connectivity index (χ2n) is 11.4. The van der Waals surface area contributed by atoms with Gasteiger partial charge in [0.25, 0.3) is 0 Å². The molecule has 0 saturated carbocycles. The fraction of sp³-hybridized carbons (Fsp3) is 0.483. The number of hydrogen-bond donors (Lipinski definition) is 2. The van der Waals surface area contributed by atoms with Crippen LogP contribution in [-0.4, -0.2) is 58.0 Å². The Bertz CT molecular complexity index is 1160. The molecule has 2 bridgehead atoms. The van der Waals surface area contributed by atoms with Gasteiger partial charge in [-0.15, -0.1) is 0 Å². The van der Waals surface area contributed by atoms with Gasteiger partial charge < -0.3 is 24.8 Å². The van der Waals surface area contributed by atoms with Crippen LogP contribution in [0.2, 0.25) is 0 Å². The van der Waals surface area contributed by atoms with Crippen LogP contribution in [-0.2, 0) is 14.3 Å². The summed E-state index contributed by atoms with van der Waals surface area (Å²) < 4.78 is 11.3. The lowest BCUT2D eigenvalue weighted by Crippen LogP contribution is -2.68. The highest BCUT2D eigenvalue weighted by molar-refractivity contribution is 5.85. The molecule has 1 aliphatic carbocycles. The van der Waals surface area contributed by atoms with Gasteiger partial charge in [-0.1, -0.05) is 48.5 Å². The maximum Gasteiger partial charge on any atom is 0.410 e. The molecule has 2 amide bonds. The lowest BCUT2D eigenvalue weighted by atomic mass is 9.73. The number of carboxylic acid groups (broad SMARTS) is 1. The first-order valence-corrected chi connectivity index (χ1v) is 13.0. The summed E-state index contributed by atoms with van der Waals surface area (Å²) in [4.78, 5) is 40.2. The van der Waals surface area contributed by atoms with Crippen LogP contribution in [0.3, 0.4) is 0 Å². The second kappa shape index (κ2) is 9.39. The van der Waals surface area contributed by atoms with Gasteiger partial charge in [0, 0.05) is 30.8 Å². The third kappa shape index (κ3) is 4.77. The monoisotopic (exact) mass is 506 g/mol. The van der Waals surface area contributed by atoms with E-state index in [0.29, 0.717) is 12.8 Å². The second-order valence-corrected chi connectivity index (χ2v) is 11.4. The number of ether oxygens (including phenoxy) is 2. The molecule has 0 spiro atoms. The number of piperidine rings is 2. The molecular weight excluding hydrogens is 472 g/mol. The number of carbonyl (C=O) groups excluding carboxylic acids is 2. The molecule has 8 nitrogen and oxygen atoms in total. The molecule has 2 N–H and O–H groups in total. The molecule has 2 heterocycles. The van der Waals surface area contributed by atoms with E-state index >= 15 is 0 Å². The van der Waals surface area contributed by atoms with E-state index in [1.807, 2.05) is 57.2 Å². The summed E-state index contributed by atoms with van der Waals surface area (Å²) >= 11 is 0. The molecule has 196 valence electrons. The molecule has 2 fully saturated rings. The average Bonchev–Trinajstić information content (AvgIpc) is 3.14. The van der Waals surface area contributed by atoms with Crippen LogP contribution in [0.4, 0.5) is 9.59 Å². The van der Waals surface area contributed by atoms with Crippen molar-refractivity contribution in [1.82, 2.24) is 10.2 Å². The predicted molar refractivity (Wildman–Crippen MR) is 137 cm³/mol. The van der Waals surface area contributed by atoms with Crippen LogP contribution in [0.5, 0.6) is 0 Å². The summed E-state index contributed by atoms with van der Waals surface area (Å²) in [6.07, 6.45) is 1.27. The van der Waals surface area contributed by atoms with E-state index in [1.165, 1.54) is 0 Å². The van der Waals surface area contributed by atoms with E-state index in [0.717, 1.165) is 28.7 Å². The number of rotatable bonds is 4. The molecular formula is C29H34N2O6. The lowest BCUT2D eigenvalue weighted by molar-refractivity contribution is -0.150. The van der Waals surface area contributed by atoms with Crippen molar-refractivity contribution >= 4 is 18.2 Å². The van der Waals surface area contributed by atoms with Crippen LogP contribution in [0, 0.1) is 0 Å². The number of carboxylic acids is 1. The highest BCUT2D eigenvalue weighted by Gasteiger charge is 2.54. The molecule has 5 rings (SSSR count). The molecule has 8 heteroatoms. The topological polar surface area (TPSA) is 105 Å². The zero-order chi connectivity index (χ0) is 26.4. The molecule has 2 aromatic carbocycles. The van der Waals surface area contributed by atoms with E-state index in [9.17, 15) is 19.5 Å². The number of fused-ring (bicyclic) bond motifs is 5. The Labute approximate surface area is 216 Å². The maximum absolute atomic E-state index is 13.0. The van der Waals surface area contributed by atoms with Gasteiger partial charge in [0.1, 0.15) is 17.7 Å². The predicted octanol–water partition coefficient (Wildman–Crippen LogP) is 5.30. The van der Waals surface area contributed by atoms with Gasteiger partial charge in [0.15, 0.2) is 0 Å². The molecule has 2 atom stereocenters. The van der Waals surface area contributed by atoms with Crippen molar-refractivity contribution in [2.24, 2.45) is 0 Å². The quantitative estimate of drug-likeness (QED) is 0.583. The number of benzene rings is 2. The Morgan fingerprint density at radius 1 is 0.973 bits per heavy atom. The summed E-state index contributed by atoms with van der Waals surface area (Å²) in [6.45, 7) is 5.53. The van der Waals surface area contributed by atoms with Crippen molar-refractivity contribution in [2.75, 3.05) is 6.61 Å². The smallest absolute Gasteiger partial charge is 0.410 e. The lowest BCUT2D eigenvalue weighted by Gasteiger charge is -2.51. The van der Waals surface area contributed by atoms with Crippen LogP contribution in [0.25, 0.3) is 11.1 Å². The van der Waals surface area contributed by atoms with Crippen molar-refractivity contribution in [2.45, 2.75) is 82.0 Å². The molecule has 0 aromatic heterocycles. The molecule has 0 radical (unpaired) electrons. The van der Waals surface area contributed by atoms with E-state index in [4.69, 9.17) is 9.47 Å². The Kier molecular flexibility index (Phi) is 6.38. The number of nitrogens with zero attached hydrogens (tertiary/aromatic N) is 1. The fourth-order valence-electron chi connectivity index (χ4n) is 6.23. The van der Waals surface area contributed by atoms with Gasteiger partial charge in [-0.05, 0) is 62.3 Å². The Hall–Kier alpha value is -3.55. The largest absolute Gasteiger partial charge is 0.480 e. The summed E-state index contributed by atoms with van der Waals surface area (Å²) in [7, 11) is 0. The Morgan fingerprint density at radius 2 is 1.51 bits per heavy atom. The molecule has 2 aliphatic heterocycles. The van der Waals surface area contributed by atoms with Crippen molar-refractivity contribution in [1.29, 1.82) is 0 Å². The Balaban J connectivity index is 1.30. The highest BCUT2D eigenvalue weighted by atomic mass is 16.6. The minimum absolute atomic E-state index is 0.104. The number of amides is 2. The van der Waals surface area contributed by atoms with Crippen molar-refractivity contribution < 1.29 is 29.0 Å². The number of carbonyl (C=O) groups is 3. The molecule has 2 aromatic rings. The number of alkyl carbamates (subject to hydrolysis) is 1. The minimum Gasteiger partial charge on any atom is -0.480 e. The van der Waals surface area contributed by atoms with Gasteiger partial charge in [0.2, 0.25) is 0 Å². The molecule has 2 unspecified atom stereocenters. The van der Waals surface area contributed by atoms with Gasteiger partial charge in [0.05, 0.1) is 0 Å². The first kappa shape index (κ1) is 25.1. The van der Waals surface area contributed by atoms with Crippen LogP contribution < -0.4 is 5.32 Å². The van der Waals surface area contributed by atoms with Gasteiger partial charge >= 0.3 is 18.2 Å². The summed E-state index contributed by atoms with van der Waals surface area (Å²) in [5.41, 5.74) is 2.27. The zero-order valence-electron chi connectivity index (χ0n) is 21.5. The highest BCUT2D eigenvalue weighted by Crippen LogP contribution is 2.45. The SMILES string of the molecule is CC(C)(C)OC(=O)N1C2CCCC1CC(NC(=O)OCC1c3ccccc3-c3ccccc31)(C(=O)O)C2. The van der Waals surface area contributed by atoms with E-state index < -0.39 is 29.3 Å². The average molecular weight is 507 g/mol. The van der Waals surface area contributed by atoms with Gasteiger partial charge in [-0.25, -0.2) is 14.4 Å². The van der Waals surface area contributed by atoms with Crippen molar-refractivity contribution in [3.8, 4) is 11.1 Å². The van der Waals surface area contributed by atoms with Crippen LogP contribution >= 0.6 is 0 Å². The van der Waals surface area contributed by atoms with Crippen LogP contribution in [0.15, 0.2) is 48.5 Å². The van der Waals surface area contributed by atoms with E-state index in [2.05, 4.69) is 17.4 Å². The Morgan fingerprint density at radius 3 is 2.03 bits per heavy atom. The van der Waals surface area contributed by atoms with Crippen molar-refractivity contribution in [3.63, 3.8) is 0 Å². The summed E-state index contributed by atoms with van der Waals surface area (Å²) in [6, 6.07) is 15.4. The van der Waals surface area contributed by atoms with Gasteiger partial charge in [-0.2, -0.15) is 0 Å². The minimum atomic E-state index is -1.50. The van der Waals surface area contributed by atoms with Crippen molar-refractivity contribution in [3.05, 3.63) is 59.7 Å². The van der Waals surface area contributed by atoms with E-state index in [-0.39, 0.29) is 37.5 Å². The standard InChI is InChI=1S/C29H34N2O6/c1-28(2,3)37-27(35)31-18-9-8-10-19(31)16-29(15-18,25(32)33)30-26(34)36-17-24-22-13-6-4-11-20(22)21-12-5-7-14-23(21)24/h4-7,11-14,18-19,24H,8-10,15-17H2,1-3H3,(H,30,34)(H,32,33).